The third-order valence-electron chi connectivity index (χ3n) is 2.21. The summed E-state index contributed by atoms with van der Waals surface area (Å²) in [5.74, 6) is 0. The summed E-state index contributed by atoms with van der Waals surface area (Å²) in [4.78, 5) is 2.38. The van der Waals surface area contributed by atoms with Gasteiger partial charge in [0.15, 0.2) is 0 Å². The van der Waals surface area contributed by atoms with Crippen molar-refractivity contribution in [2.75, 3.05) is 32.4 Å². The molecule has 0 aromatic rings. The van der Waals surface area contributed by atoms with Crippen LogP contribution in [0.1, 0.15) is 19.3 Å². The lowest BCUT2D eigenvalue weighted by Gasteiger charge is -2.13. The second kappa shape index (κ2) is 4.93. The lowest BCUT2D eigenvalue weighted by Crippen LogP contribution is -2.27. The summed E-state index contributed by atoms with van der Waals surface area (Å²) in [7, 11) is -2.99. The van der Waals surface area contributed by atoms with Crippen LogP contribution in [0.2, 0.25) is 0 Å². The number of hydrogen-bond acceptors (Lipinski definition) is 3. The first-order valence-corrected chi connectivity index (χ1v) is 6.64. The Bertz CT molecular complexity index is 233. The predicted molar refractivity (Wildman–Crippen MR) is 53.1 cm³/mol. The zero-order chi connectivity index (χ0) is 9.73. The zero-order valence-electron chi connectivity index (χ0n) is 8.12. The molecule has 0 spiro atoms. The molecule has 1 aliphatic heterocycles. The van der Waals surface area contributed by atoms with Crippen molar-refractivity contribution in [1.29, 1.82) is 0 Å². The topological polar surface area (TPSA) is 49.4 Å². The molecule has 0 radical (unpaired) electrons. The van der Waals surface area contributed by atoms with Gasteiger partial charge in [-0.25, -0.2) is 13.1 Å². The Morgan fingerprint density at radius 1 is 1.31 bits per heavy atom. The maximum atomic E-state index is 10.7. The van der Waals surface area contributed by atoms with Crippen molar-refractivity contribution >= 4 is 10.0 Å². The number of rotatable bonds is 5. The summed E-state index contributed by atoms with van der Waals surface area (Å²) < 4.78 is 23.9. The van der Waals surface area contributed by atoms with Crippen LogP contribution in [0.15, 0.2) is 0 Å². The van der Waals surface area contributed by atoms with E-state index in [1.165, 1.54) is 32.2 Å². The van der Waals surface area contributed by atoms with E-state index in [0.29, 0.717) is 6.54 Å². The van der Waals surface area contributed by atoms with Crippen LogP contribution < -0.4 is 4.72 Å². The molecule has 4 nitrogen and oxygen atoms in total. The van der Waals surface area contributed by atoms with Crippen LogP contribution in [0.3, 0.4) is 0 Å². The molecule has 0 amide bonds. The lowest BCUT2D eigenvalue weighted by atomic mass is 10.4. The number of nitrogens with one attached hydrogen (secondary N) is 1. The summed E-state index contributed by atoms with van der Waals surface area (Å²) in [5, 5.41) is 0. The Morgan fingerprint density at radius 3 is 2.46 bits per heavy atom. The normalized spacial score (nSPS) is 19.5. The van der Waals surface area contributed by atoms with Gasteiger partial charge in [-0.1, -0.05) is 0 Å². The molecule has 0 unspecified atom stereocenters. The minimum absolute atomic E-state index is 0.565. The van der Waals surface area contributed by atoms with E-state index in [1.807, 2.05) is 0 Å². The highest BCUT2D eigenvalue weighted by molar-refractivity contribution is 7.88. The molecule has 0 aromatic carbocycles. The SMILES string of the molecule is CS(=O)(=O)NCCCN1CCCC1. The van der Waals surface area contributed by atoms with Gasteiger partial charge in [0.05, 0.1) is 6.26 Å². The lowest BCUT2D eigenvalue weighted by molar-refractivity contribution is 0.334. The van der Waals surface area contributed by atoms with Crippen molar-refractivity contribution < 1.29 is 8.42 Å². The van der Waals surface area contributed by atoms with Gasteiger partial charge in [-0.2, -0.15) is 0 Å². The largest absolute Gasteiger partial charge is 0.303 e. The number of nitrogens with zero attached hydrogens (tertiary/aromatic N) is 1. The molecule has 0 aliphatic carbocycles. The second-order valence-corrected chi connectivity index (χ2v) is 5.40. The monoisotopic (exact) mass is 206 g/mol. The molecule has 0 atom stereocenters. The average Bonchev–Trinajstić information content (AvgIpc) is 2.48. The van der Waals surface area contributed by atoms with E-state index in [2.05, 4.69) is 9.62 Å². The van der Waals surface area contributed by atoms with Gasteiger partial charge in [0.1, 0.15) is 0 Å². The fourth-order valence-electron chi connectivity index (χ4n) is 1.57. The molecule has 78 valence electrons. The Labute approximate surface area is 80.4 Å². The molecule has 1 aliphatic rings. The second-order valence-electron chi connectivity index (χ2n) is 3.57. The summed E-state index contributed by atoms with van der Waals surface area (Å²) in [5.41, 5.74) is 0. The molecule has 0 aromatic heterocycles. The molecule has 1 heterocycles. The molecule has 1 saturated heterocycles. The van der Waals surface area contributed by atoms with Crippen LogP contribution >= 0.6 is 0 Å². The van der Waals surface area contributed by atoms with E-state index < -0.39 is 10.0 Å². The molecule has 0 saturated carbocycles. The molecule has 1 N–H and O–H groups in total. The Balaban J connectivity index is 2.01. The first-order chi connectivity index (χ1) is 6.08. The van der Waals surface area contributed by atoms with Crippen LogP contribution in [-0.2, 0) is 10.0 Å². The number of sulfonamides is 1. The van der Waals surface area contributed by atoms with Gasteiger partial charge < -0.3 is 4.90 Å². The summed E-state index contributed by atoms with van der Waals surface area (Å²) in [6.45, 7) is 3.94. The van der Waals surface area contributed by atoms with Crippen LogP contribution in [0.25, 0.3) is 0 Å². The van der Waals surface area contributed by atoms with E-state index in [1.54, 1.807) is 0 Å². The number of likely N-dealkylation sites (tertiary alicyclic amines) is 1. The fraction of sp³-hybridized carbons (Fsp3) is 1.00. The van der Waals surface area contributed by atoms with Crippen molar-refractivity contribution in [1.82, 2.24) is 9.62 Å². The third-order valence-corrected chi connectivity index (χ3v) is 2.94. The minimum atomic E-state index is -2.99. The van der Waals surface area contributed by atoms with Gasteiger partial charge >= 0.3 is 0 Å². The van der Waals surface area contributed by atoms with E-state index in [4.69, 9.17) is 0 Å². The maximum Gasteiger partial charge on any atom is 0.208 e. The summed E-state index contributed by atoms with van der Waals surface area (Å²) >= 11 is 0. The molecule has 1 fully saturated rings. The van der Waals surface area contributed by atoms with Crippen LogP contribution in [0.5, 0.6) is 0 Å². The van der Waals surface area contributed by atoms with Gasteiger partial charge in [0.25, 0.3) is 0 Å². The molecule has 13 heavy (non-hydrogen) atoms. The Morgan fingerprint density at radius 2 is 1.92 bits per heavy atom. The predicted octanol–water partition coefficient (Wildman–Crippen LogP) is 0.0215. The third kappa shape index (κ3) is 5.23. The van der Waals surface area contributed by atoms with Gasteiger partial charge in [-0.05, 0) is 38.9 Å². The molecule has 0 bridgehead atoms. The quantitative estimate of drug-likeness (QED) is 0.645. The van der Waals surface area contributed by atoms with Crippen molar-refractivity contribution in [3.05, 3.63) is 0 Å². The molecule has 5 heteroatoms. The van der Waals surface area contributed by atoms with Crippen molar-refractivity contribution in [3.8, 4) is 0 Å². The Hall–Kier alpha value is -0.130. The van der Waals surface area contributed by atoms with E-state index in [9.17, 15) is 8.42 Å². The van der Waals surface area contributed by atoms with Gasteiger partial charge in [-0.3, -0.25) is 0 Å². The molecular weight excluding hydrogens is 188 g/mol. The summed E-state index contributed by atoms with van der Waals surface area (Å²) in [6, 6.07) is 0. The van der Waals surface area contributed by atoms with Gasteiger partial charge in [0.2, 0.25) is 10.0 Å². The van der Waals surface area contributed by atoms with Crippen molar-refractivity contribution in [2.24, 2.45) is 0 Å². The van der Waals surface area contributed by atoms with Gasteiger partial charge in [0, 0.05) is 6.54 Å². The average molecular weight is 206 g/mol. The first-order valence-electron chi connectivity index (χ1n) is 4.75. The highest BCUT2D eigenvalue weighted by Crippen LogP contribution is 2.06. The smallest absolute Gasteiger partial charge is 0.208 e. The first kappa shape index (κ1) is 10.9. The van der Waals surface area contributed by atoms with E-state index in [0.717, 1.165) is 13.0 Å². The highest BCUT2D eigenvalue weighted by atomic mass is 32.2. The number of hydrogen-bond donors (Lipinski definition) is 1. The zero-order valence-corrected chi connectivity index (χ0v) is 8.94. The molecular formula is C8H18N2O2S. The standard InChI is InChI=1S/C8H18N2O2S/c1-13(11,12)9-5-4-8-10-6-2-3-7-10/h9H,2-8H2,1H3. The minimum Gasteiger partial charge on any atom is -0.303 e. The highest BCUT2D eigenvalue weighted by Gasteiger charge is 2.10. The summed E-state index contributed by atoms with van der Waals surface area (Å²) in [6.07, 6.45) is 4.69. The van der Waals surface area contributed by atoms with Crippen molar-refractivity contribution in [2.45, 2.75) is 19.3 Å². The fourth-order valence-corrected chi connectivity index (χ4v) is 2.08. The Kier molecular flexibility index (Phi) is 4.15. The van der Waals surface area contributed by atoms with Crippen LogP contribution in [0, 0.1) is 0 Å². The van der Waals surface area contributed by atoms with E-state index in [-0.39, 0.29) is 0 Å². The maximum absolute atomic E-state index is 10.7. The van der Waals surface area contributed by atoms with Crippen molar-refractivity contribution in [3.63, 3.8) is 0 Å². The van der Waals surface area contributed by atoms with Crippen LogP contribution in [-0.4, -0.2) is 45.8 Å². The van der Waals surface area contributed by atoms with E-state index >= 15 is 0 Å². The van der Waals surface area contributed by atoms with Crippen LogP contribution in [0.4, 0.5) is 0 Å². The molecule has 1 rings (SSSR count). The van der Waals surface area contributed by atoms with Gasteiger partial charge in [-0.15, -0.1) is 0 Å².